The zero-order valence-electron chi connectivity index (χ0n) is 17.2. The van der Waals surface area contributed by atoms with Gasteiger partial charge in [0, 0.05) is 16.7 Å². The number of carbonyl (C=O) groups excluding carboxylic acids is 2. The number of ether oxygens (including phenoxy) is 3. The smallest absolute Gasteiger partial charge is 0.332 e. The lowest BCUT2D eigenvalue weighted by Crippen LogP contribution is -2.04. The highest BCUT2D eigenvalue weighted by Gasteiger charge is 2.19. The van der Waals surface area contributed by atoms with E-state index in [2.05, 4.69) is 17.9 Å². The zero-order chi connectivity index (χ0) is 22.0. The van der Waals surface area contributed by atoms with Crippen LogP contribution in [0.4, 0.5) is 0 Å². The van der Waals surface area contributed by atoms with Gasteiger partial charge in [0.25, 0.3) is 0 Å². The van der Waals surface area contributed by atoms with E-state index in [0.29, 0.717) is 34.6 Å². The van der Waals surface area contributed by atoms with Crippen LogP contribution in [0.15, 0.2) is 61.2 Å². The Morgan fingerprint density at radius 1 is 1.03 bits per heavy atom. The molecular formula is C23H26O6. The van der Waals surface area contributed by atoms with Crippen molar-refractivity contribution in [3.05, 3.63) is 77.9 Å². The molecule has 2 aromatic rings. The van der Waals surface area contributed by atoms with Crippen molar-refractivity contribution in [1.82, 2.24) is 0 Å². The standard InChI is InChI=1S/C18H18O4.C5H8O2/c1-4-5-14-16(22-3)11-10-15(18(14)20)17(19)12-6-8-13(21-2)9-7-12;1-4(2)5(6)7-3/h4,6-11,20H,1,5H2,2-3H3;1H2,2-3H3. The highest BCUT2D eigenvalue weighted by Crippen LogP contribution is 2.33. The molecule has 0 aliphatic carbocycles. The van der Waals surface area contributed by atoms with E-state index in [0.717, 1.165) is 0 Å². The molecule has 0 atom stereocenters. The van der Waals surface area contributed by atoms with Gasteiger partial charge in [-0.15, -0.1) is 6.58 Å². The fourth-order valence-corrected chi connectivity index (χ4v) is 2.41. The molecule has 0 spiro atoms. The number of aromatic hydroxyl groups is 1. The lowest BCUT2D eigenvalue weighted by molar-refractivity contribution is -0.136. The van der Waals surface area contributed by atoms with Gasteiger partial charge in [0.1, 0.15) is 17.2 Å². The van der Waals surface area contributed by atoms with Crippen LogP contribution < -0.4 is 9.47 Å². The molecule has 0 aromatic heterocycles. The van der Waals surface area contributed by atoms with Crippen molar-refractivity contribution in [1.29, 1.82) is 0 Å². The van der Waals surface area contributed by atoms with Crippen molar-refractivity contribution in [2.75, 3.05) is 21.3 Å². The highest BCUT2D eigenvalue weighted by atomic mass is 16.5. The summed E-state index contributed by atoms with van der Waals surface area (Å²) < 4.78 is 14.6. The first-order chi connectivity index (χ1) is 13.8. The predicted molar refractivity (Wildman–Crippen MR) is 112 cm³/mol. The normalized spacial score (nSPS) is 9.52. The van der Waals surface area contributed by atoms with Crippen molar-refractivity contribution in [3.8, 4) is 17.2 Å². The summed E-state index contributed by atoms with van der Waals surface area (Å²) in [6, 6.07) is 9.98. The Morgan fingerprint density at radius 2 is 1.66 bits per heavy atom. The van der Waals surface area contributed by atoms with E-state index in [4.69, 9.17) is 9.47 Å². The van der Waals surface area contributed by atoms with Gasteiger partial charge < -0.3 is 19.3 Å². The first kappa shape index (κ1) is 23.5. The number of esters is 1. The number of rotatable bonds is 7. The predicted octanol–water partition coefficient (Wildman–Crippen LogP) is 4.10. The lowest BCUT2D eigenvalue weighted by atomic mass is 9.98. The van der Waals surface area contributed by atoms with Crippen LogP contribution in [0.3, 0.4) is 0 Å². The second-order valence-corrected chi connectivity index (χ2v) is 5.96. The van der Waals surface area contributed by atoms with Gasteiger partial charge in [-0.25, -0.2) is 4.79 Å². The average Bonchev–Trinajstić information content (AvgIpc) is 2.74. The van der Waals surface area contributed by atoms with E-state index >= 15 is 0 Å². The number of hydrogen-bond acceptors (Lipinski definition) is 6. The van der Waals surface area contributed by atoms with Gasteiger partial charge in [0.2, 0.25) is 0 Å². The van der Waals surface area contributed by atoms with Crippen molar-refractivity contribution in [3.63, 3.8) is 0 Å². The molecular weight excluding hydrogens is 372 g/mol. The van der Waals surface area contributed by atoms with Crippen LogP contribution in [-0.2, 0) is 16.0 Å². The number of benzene rings is 2. The molecule has 29 heavy (non-hydrogen) atoms. The maximum atomic E-state index is 12.6. The molecule has 0 aliphatic heterocycles. The van der Waals surface area contributed by atoms with Crippen molar-refractivity contribution in [2.45, 2.75) is 13.3 Å². The van der Waals surface area contributed by atoms with Crippen molar-refractivity contribution in [2.24, 2.45) is 0 Å². The Hall–Kier alpha value is -3.54. The molecule has 0 heterocycles. The third kappa shape index (κ3) is 6.24. The Bertz CT molecular complexity index is 881. The molecule has 0 saturated heterocycles. The molecule has 0 aliphatic rings. The molecule has 0 unspecified atom stereocenters. The summed E-state index contributed by atoms with van der Waals surface area (Å²) in [4.78, 5) is 22.7. The third-order valence-corrected chi connectivity index (χ3v) is 3.94. The third-order valence-electron chi connectivity index (χ3n) is 3.94. The van der Waals surface area contributed by atoms with E-state index in [1.807, 2.05) is 0 Å². The molecule has 1 N–H and O–H groups in total. The van der Waals surface area contributed by atoms with E-state index in [9.17, 15) is 14.7 Å². The number of carbonyl (C=O) groups is 2. The molecule has 0 radical (unpaired) electrons. The van der Waals surface area contributed by atoms with Crippen LogP contribution in [0.5, 0.6) is 17.2 Å². The quantitative estimate of drug-likeness (QED) is 0.327. The van der Waals surface area contributed by atoms with E-state index in [1.54, 1.807) is 56.5 Å². The largest absolute Gasteiger partial charge is 0.507 e. The molecule has 0 fully saturated rings. The van der Waals surface area contributed by atoms with Gasteiger partial charge in [-0.3, -0.25) is 4.79 Å². The Labute approximate surface area is 171 Å². The van der Waals surface area contributed by atoms with Gasteiger partial charge in [-0.2, -0.15) is 0 Å². The number of ketones is 1. The molecule has 0 bridgehead atoms. The molecule has 2 rings (SSSR count). The van der Waals surface area contributed by atoms with Gasteiger partial charge in [0.15, 0.2) is 5.78 Å². The summed E-state index contributed by atoms with van der Waals surface area (Å²) in [5.41, 5.74) is 1.70. The van der Waals surface area contributed by atoms with Crippen LogP contribution >= 0.6 is 0 Å². The molecule has 0 saturated carbocycles. The highest BCUT2D eigenvalue weighted by molar-refractivity contribution is 6.11. The van der Waals surface area contributed by atoms with Crippen LogP contribution in [0.1, 0.15) is 28.4 Å². The van der Waals surface area contributed by atoms with Gasteiger partial charge in [-0.1, -0.05) is 12.7 Å². The Balaban J connectivity index is 0.000000516. The molecule has 2 aromatic carbocycles. The van der Waals surface area contributed by atoms with E-state index < -0.39 is 0 Å². The van der Waals surface area contributed by atoms with Crippen LogP contribution in [-0.4, -0.2) is 38.2 Å². The van der Waals surface area contributed by atoms with Crippen molar-refractivity contribution >= 4 is 11.8 Å². The first-order valence-electron chi connectivity index (χ1n) is 8.72. The summed E-state index contributed by atoms with van der Waals surface area (Å²) in [6.07, 6.45) is 2.07. The summed E-state index contributed by atoms with van der Waals surface area (Å²) in [6.45, 7) is 8.61. The zero-order valence-corrected chi connectivity index (χ0v) is 17.2. The number of methoxy groups -OCH3 is 3. The first-order valence-corrected chi connectivity index (χ1v) is 8.72. The minimum atomic E-state index is -0.347. The number of allylic oxidation sites excluding steroid dienone is 1. The number of hydrogen-bond donors (Lipinski definition) is 1. The maximum Gasteiger partial charge on any atom is 0.332 e. The maximum absolute atomic E-state index is 12.6. The molecule has 0 amide bonds. The molecule has 6 heteroatoms. The van der Waals surface area contributed by atoms with Crippen molar-refractivity contribution < 1.29 is 28.9 Å². The van der Waals surface area contributed by atoms with E-state index in [1.165, 1.54) is 14.2 Å². The van der Waals surface area contributed by atoms with Crippen LogP contribution in [0, 0.1) is 0 Å². The topological polar surface area (TPSA) is 82.1 Å². The lowest BCUT2D eigenvalue weighted by Gasteiger charge is -2.12. The van der Waals surface area contributed by atoms with Crippen LogP contribution in [0.2, 0.25) is 0 Å². The van der Waals surface area contributed by atoms with Gasteiger partial charge >= 0.3 is 5.97 Å². The van der Waals surface area contributed by atoms with E-state index in [-0.39, 0.29) is 23.1 Å². The summed E-state index contributed by atoms with van der Waals surface area (Å²) in [7, 11) is 4.41. The van der Waals surface area contributed by atoms with Gasteiger partial charge in [0.05, 0.1) is 26.9 Å². The summed E-state index contributed by atoms with van der Waals surface area (Å²) >= 11 is 0. The number of phenolic OH excluding ortho intramolecular Hbond substituents is 1. The fraction of sp³-hybridized carbons (Fsp3) is 0.217. The monoisotopic (exact) mass is 398 g/mol. The SMILES string of the molecule is C=C(C)C(=O)OC.C=CCc1c(OC)ccc(C(=O)c2ccc(OC)cc2)c1O. The minimum absolute atomic E-state index is 0.0694. The number of phenols is 1. The van der Waals surface area contributed by atoms with Gasteiger partial charge in [-0.05, 0) is 49.7 Å². The molecule has 154 valence electrons. The average molecular weight is 398 g/mol. The Morgan fingerprint density at radius 3 is 2.07 bits per heavy atom. The summed E-state index contributed by atoms with van der Waals surface area (Å²) in [5, 5.41) is 10.4. The fourth-order valence-electron chi connectivity index (χ4n) is 2.41. The Kier molecular flexibility index (Phi) is 9.19. The minimum Gasteiger partial charge on any atom is -0.507 e. The summed E-state index contributed by atoms with van der Waals surface area (Å²) in [5.74, 6) is 0.528. The van der Waals surface area contributed by atoms with Crippen LogP contribution in [0.25, 0.3) is 0 Å². The molecule has 6 nitrogen and oxygen atoms in total. The second-order valence-electron chi connectivity index (χ2n) is 5.96. The second kappa shape index (κ2) is 11.3.